The van der Waals surface area contributed by atoms with Crippen LogP contribution in [-0.2, 0) is 29.2 Å². The fourth-order valence-electron chi connectivity index (χ4n) is 5.35. The number of nitrogens with one attached hydrogen (secondary N) is 1. The maximum atomic E-state index is 14.9. The highest BCUT2D eigenvalue weighted by Gasteiger charge is 2.24. The molecule has 0 saturated heterocycles. The molecule has 0 radical (unpaired) electrons. The van der Waals surface area contributed by atoms with Crippen LogP contribution in [0.3, 0.4) is 0 Å². The minimum atomic E-state index is -0.849. The van der Waals surface area contributed by atoms with Gasteiger partial charge >= 0.3 is 5.97 Å². The number of aromatic nitrogens is 1. The number of amides is 1. The third kappa shape index (κ3) is 7.90. The quantitative estimate of drug-likeness (QED) is 0.153. The van der Waals surface area contributed by atoms with Crippen molar-refractivity contribution in [3.05, 3.63) is 135 Å². The summed E-state index contributed by atoms with van der Waals surface area (Å²) in [5.41, 5.74) is 1.37. The zero-order valence-corrected chi connectivity index (χ0v) is 26.6. The van der Waals surface area contributed by atoms with E-state index in [2.05, 4.69) is 5.32 Å². The van der Waals surface area contributed by atoms with Crippen molar-refractivity contribution in [1.29, 1.82) is 0 Å². The van der Waals surface area contributed by atoms with E-state index in [1.807, 2.05) is 42.3 Å². The lowest BCUT2D eigenvalue weighted by Gasteiger charge is -2.22. The molecule has 0 spiro atoms. The van der Waals surface area contributed by atoms with Crippen LogP contribution in [0.4, 0.5) is 14.5 Å². The Morgan fingerprint density at radius 2 is 1.55 bits per heavy atom. The predicted molar refractivity (Wildman–Crippen MR) is 177 cm³/mol. The van der Waals surface area contributed by atoms with Gasteiger partial charge in [0.15, 0.2) is 0 Å². The molecule has 0 unspecified atom stereocenters. The van der Waals surface area contributed by atoms with E-state index in [0.29, 0.717) is 34.8 Å². The van der Waals surface area contributed by atoms with Gasteiger partial charge in [-0.15, -0.1) is 0 Å². The molecule has 1 heterocycles. The first kappa shape index (κ1) is 33.0. The average molecular weight is 640 g/mol. The number of carbonyl (C=O) groups excluding carboxylic acids is 2. The van der Waals surface area contributed by atoms with Crippen molar-refractivity contribution in [2.45, 2.75) is 46.5 Å². The molecule has 0 fully saturated rings. The van der Waals surface area contributed by atoms with E-state index in [9.17, 15) is 23.2 Å². The summed E-state index contributed by atoms with van der Waals surface area (Å²) in [6.07, 6.45) is 0.779. The number of halogens is 2. The summed E-state index contributed by atoms with van der Waals surface area (Å²) < 4.78 is 42.9. The Balaban J connectivity index is 1.70. The number of nitrogens with zero attached hydrogens (tertiary/aromatic N) is 2. The normalized spacial score (nSPS) is 11.2. The highest BCUT2D eigenvalue weighted by molar-refractivity contribution is 5.95. The Labute approximate surface area is 271 Å². The van der Waals surface area contributed by atoms with Crippen LogP contribution in [0.15, 0.2) is 95.9 Å². The van der Waals surface area contributed by atoms with Gasteiger partial charge in [0.2, 0.25) is 11.3 Å². The molecule has 47 heavy (non-hydrogen) atoms. The molecule has 0 aliphatic heterocycles. The highest BCUT2D eigenvalue weighted by atomic mass is 19.1. The lowest BCUT2D eigenvalue weighted by Crippen LogP contribution is -2.25. The molecule has 1 amide bonds. The van der Waals surface area contributed by atoms with E-state index in [-0.39, 0.29) is 35.5 Å². The highest BCUT2D eigenvalue weighted by Crippen LogP contribution is 2.33. The number of anilines is 1. The van der Waals surface area contributed by atoms with Crippen LogP contribution in [0, 0.1) is 11.6 Å². The smallest absolute Gasteiger partial charge is 0.343 e. The van der Waals surface area contributed by atoms with Crippen LogP contribution < -0.4 is 15.5 Å². The Kier molecular flexibility index (Phi) is 10.1. The van der Waals surface area contributed by atoms with Gasteiger partial charge in [0.05, 0.1) is 23.6 Å². The van der Waals surface area contributed by atoms with Gasteiger partial charge < -0.3 is 19.4 Å². The summed E-state index contributed by atoms with van der Waals surface area (Å²) in [5, 5.41) is 2.87. The molecular formula is C37H35F2N3O5. The summed E-state index contributed by atoms with van der Waals surface area (Å²) in [4.78, 5) is 41.0. The second-order valence-corrected chi connectivity index (χ2v) is 11.6. The SMILES string of the molecule is CC(=O)Nc1ccc(Oc2ccc3c(c2CN(C)Cc2ccccc2)c(=O)c(C(=O)OC(C)C)cn3Cc2c(F)cccc2F)cc1. The van der Waals surface area contributed by atoms with Crippen LogP contribution in [0.1, 0.15) is 47.8 Å². The summed E-state index contributed by atoms with van der Waals surface area (Å²) in [6, 6.07) is 23.4. The molecule has 0 atom stereocenters. The Bertz CT molecular complexity index is 1960. The van der Waals surface area contributed by atoms with Crippen molar-refractivity contribution in [3.8, 4) is 11.5 Å². The number of carbonyl (C=O) groups is 2. The van der Waals surface area contributed by atoms with E-state index in [1.54, 1.807) is 50.2 Å². The van der Waals surface area contributed by atoms with E-state index in [0.717, 1.165) is 17.7 Å². The van der Waals surface area contributed by atoms with Crippen LogP contribution in [0.2, 0.25) is 0 Å². The van der Waals surface area contributed by atoms with Crippen LogP contribution in [0.5, 0.6) is 11.5 Å². The molecule has 0 saturated carbocycles. The van der Waals surface area contributed by atoms with Gasteiger partial charge in [-0.3, -0.25) is 14.5 Å². The van der Waals surface area contributed by atoms with E-state index in [1.165, 1.54) is 23.8 Å². The molecule has 0 aliphatic carbocycles. The third-order valence-electron chi connectivity index (χ3n) is 7.39. The molecule has 4 aromatic carbocycles. The average Bonchev–Trinajstić information content (AvgIpc) is 3.01. The minimum Gasteiger partial charge on any atom is -0.459 e. The fourth-order valence-corrected chi connectivity index (χ4v) is 5.35. The van der Waals surface area contributed by atoms with Crippen molar-refractivity contribution in [2.24, 2.45) is 0 Å². The van der Waals surface area contributed by atoms with Crippen LogP contribution >= 0.6 is 0 Å². The van der Waals surface area contributed by atoms with Gasteiger partial charge in [-0.1, -0.05) is 36.4 Å². The number of ether oxygens (including phenoxy) is 2. The molecule has 10 heteroatoms. The molecule has 8 nitrogen and oxygen atoms in total. The lowest BCUT2D eigenvalue weighted by atomic mass is 10.0. The summed E-state index contributed by atoms with van der Waals surface area (Å²) in [7, 11) is 1.89. The molecular weight excluding hydrogens is 604 g/mol. The van der Waals surface area contributed by atoms with Crippen molar-refractivity contribution in [1.82, 2.24) is 9.47 Å². The lowest BCUT2D eigenvalue weighted by molar-refractivity contribution is -0.114. The molecule has 1 aromatic heterocycles. The number of esters is 1. The summed E-state index contributed by atoms with van der Waals surface area (Å²) in [6.45, 7) is 5.21. The molecule has 0 bridgehead atoms. The molecule has 1 N–H and O–H groups in total. The number of hydrogen-bond donors (Lipinski definition) is 1. The molecule has 5 aromatic rings. The van der Waals surface area contributed by atoms with Gasteiger partial charge in [-0.2, -0.15) is 0 Å². The Hall–Kier alpha value is -5.35. The van der Waals surface area contributed by atoms with Gasteiger partial charge in [0.1, 0.15) is 28.7 Å². The third-order valence-corrected chi connectivity index (χ3v) is 7.39. The molecule has 242 valence electrons. The first-order valence-electron chi connectivity index (χ1n) is 15.1. The van der Waals surface area contributed by atoms with Gasteiger partial charge in [-0.25, -0.2) is 13.6 Å². The number of pyridine rings is 1. The first-order valence-corrected chi connectivity index (χ1v) is 15.1. The number of benzene rings is 4. The summed E-state index contributed by atoms with van der Waals surface area (Å²) in [5.74, 6) is -1.79. The van der Waals surface area contributed by atoms with Crippen molar-refractivity contribution in [2.75, 3.05) is 12.4 Å². The molecule has 0 aliphatic rings. The topological polar surface area (TPSA) is 89.9 Å². The number of hydrogen-bond acceptors (Lipinski definition) is 6. The number of rotatable bonds is 11. The van der Waals surface area contributed by atoms with Gasteiger partial charge in [-0.05, 0) is 75.0 Å². The zero-order chi connectivity index (χ0) is 33.7. The second kappa shape index (κ2) is 14.4. The van der Waals surface area contributed by atoms with Crippen molar-refractivity contribution >= 4 is 28.5 Å². The van der Waals surface area contributed by atoms with E-state index >= 15 is 0 Å². The number of fused-ring (bicyclic) bond motifs is 1. The monoisotopic (exact) mass is 639 g/mol. The predicted octanol–water partition coefficient (Wildman–Crippen LogP) is 7.28. The van der Waals surface area contributed by atoms with Crippen molar-refractivity contribution in [3.63, 3.8) is 0 Å². The molecule has 5 rings (SSSR count). The largest absolute Gasteiger partial charge is 0.459 e. The standard InChI is InChI=1S/C37H35F2N3O5/c1-23(2)46-37(45)30-22-42(21-28-31(38)11-8-12-32(28)39)33-17-18-34(47-27-15-13-26(14-16-27)40-24(3)43)29(35(33)36(30)44)20-41(4)19-25-9-6-5-7-10-25/h5-18,22-23H,19-21H2,1-4H3,(H,40,43). The first-order chi connectivity index (χ1) is 22.5. The van der Waals surface area contributed by atoms with E-state index < -0.39 is 29.1 Å². The maximum absolute atomic E-state index is 14.9. The van der Waals surface area contributed by atoms with E-state index in [4.69, 9.17) is 9.47 Å². The Morgan fingerprint density at radius 1 is 0.872 bits per heavy atom. The van der Waals surface area contributed by atoms with Gasteiger partial charge in [0, 0.05) is 43.0 Å². The fraction of sp³-hybridized carbons (Fsp3) is 0.216. The van der Waals surface area contributed by atoms with Crippen LogP contribution in [-0.4, -0.2) is 34.5 Å². The summed E-state index contributed by atoms with van der Waals surface area (Å²) >= 11 is 0. The van der Waals surface area contributed by atoms with Crippen molar-refractivity contribution < 1.29 is 27.8 Å². The second-order valence-electron chi connectivity index (χ2n) is 11.6. The minimum absolute atomic E-state index is 0.159. The zero-order valence-electron chi connectivity index (χ0n) is 26.6. The maximum Gasteiger partial charge on any atom is 0.343 e. The Morgan fingerprint density at radius 3 is 2.19 bits per heavy atom. The van der Waals surface area contributed by atoms with Gasteiger partial charge in [0.25, 0.3) is 0 Å². The van der Waals surface area contributed by atoms with Crippen LogP contribution in [0.25, 0.3) is 10.9 Å².